The van der Waals surface area contributed by atoms with Crippen molar-refractivity contribution in [1.29, 1.82) is 0 Å². The summed E-state index contributed by atoms with van der Waals surface area (Å²) in [6.45, 7) is 3.96. The fourth-order valence-electron chi connectivity index (χ4n) is 2.27. The molecule has 16 heavy (non-hydrogen) atoms. The lowest BCUT2D eigenvalue weighted by Gasteiger charge is -2.27. The third kappa shape index (κ3) is 3.44. The van der Waals surface area contributed by atoms with Gasteiger partial charge in [0, 0.05) is 17.3 Å². The summed E-state index contributed by atoms with van der Waals surface area (Å²) >= 11 is 8.03. The monoisotopic (exact) mass is 258 g/mol. The first-order valence-electron chi connectivity index (χ1n) is 6.01. The van der Waals surface area contributed by atoms with Crippen LogP contribution < -0.4 is 5.32 Å². The van der Waals surface area contributed by atoms with Crippen LogP contribution in [0, 0.1) is 12.8 Å². The van der Waals surface area contributed by atoms with E-state index in [0.717, 1.165) is 23.8 Å². The Balaban J connectivity index is 1.71. The van der Waals surface area contributed by atoms with Crippen LogP contribution in [0.15, 0.2) is 5.38 Å². The Morgan fingerprint density at radius 1 is 1.50 bits per heavy atom. The molecule has 1 heterocycles. The molecular formula is C12H19ClN2S. The van der Waals surface area contributed by atoms with E-state index in [1.54, 1.807) is 11.3 Å². The van der Waals surface area contributed by atoms with E-state index in [1.807, 2.05) is 6.92 Å². The first-order chi connectivity index (χ1) is 7.75. The van der Waals surface area contributed by atoms with Crippen LogP contribution in [0.3, 0.4) is 0 Å². The van der Waals surface area contributed by atoms with Gasteiger partial charge in [-0.3, -0.25) is 0 Å². The highest BCUT2D eigenvalue weighted by Crippen LogP contribution is 2.28. The summed E-state index contributed by atoms with van der Waals surface area (Å²) in [5.74, 6) is 0.648. The van der Waals surface area contributed by atoms with E-state index in [4.69, 9.17) is 11.6 Å². The second-order valence-electron chi connectivity index (χ2n) is 4.55. The van der Waals surface area contributed by atoms with Crippen molar-refractivity contribution in [3.63, 3.8) is 0 Å². The van der Waals surface area contributed by atoms with E-state index in [-0.39, 0.29) is 0 Å². The summed E-state index contributed by atoms with van der Waals surface area (Å²) in [5, 5.41) is 7.12. The van der Waals surface area contributed by atoms with E-state index in [1.165, 1.54) is 25.7 Å². The van der Waals surface area contributed by atoms with Gasteiger partial charge in [-0.2, -0.15) is 0 Å². The Labute approximate surface area is 106 Å². The van der Waals surface area contributed by atoms with Crippen LogP contribution in [0.5, 0.6) is 0 Å². The molecule has 2 nitrogen and oxygen atoms in total. The number of aromatic nitrogens is 1. The van der Waals surface area contributed by atoms with Crippen molar-refractivity contribution in [2.75, 3.05) is 6.54 Å². The Hall–Kier alpha value is -0.120. The lowest BCUT2D eigenvalue weighted by molar-refractivity contribution is 0.348. The van der Waals surface area contributed by atoms with Crippen molar-refractivity contribution in [3.05, 3.63) is 16.1 Å². The summed E-state index contributed by atoms with van der Waals surface area (Å²) in [6.07, 6.45) is 5.10. The standard InChI is InChI=1S/C12H19ClN2S/c1-9-15-11(8-16-9)7-14-6-10-4-2-3-5-12(10)13/h8,10,12,14H,2-7H2,1H3. The van der Waals surface area contributed by atoms with Gasteiger partial charge >= 0.3 is 0 Å². The average molecular weight is 259 g/mol. The molecular weight excluding hydrogens is 240 g/mol. The summed E-state index contributed by atoms with van der Waals surface area (Å²) in [6, 6.07) is 0. The van der Waals surface area contributed by atoms with Crippen molar-refractivity contribution in [3.8, 4) is 0 Å². The number of nitrogens with zero attached hydrogens (tertiary/aromatic N) is 1. The minimum absolute atomic E-state index is 0.374. The molecule has 2 unspecified atom stereocenters. The maximum Gasteiger partial charge on any atom is 0.0897 e. The molecule has 2 atom stereocenters. The minimum Gasteiger partial charge on any atom is -0.311 e. The number of aryl methyl sites for hydroxylation is 1. The van der Waals surface area contributed by atoms with Crippen LogP contribution in [0.4, 0.5) is 0 Å². The predicted octanol–water partition coefficient (Wildman–Crippen LogP) is 3.34. The van der Waals surface area contributed by atoms with Crippen LogP contribution in [0.25, 0.3) is 0 Å². The maximum atomic E-state index is 6.31. The molecule has 4 heteroatoms. The molecule has 0 amide bonds. The number of hydrogen-bond acceptors (Lipinski definition) is 3. The number of halogens is 1. The SMILES string of the molecule is Cc1nc(CNCC2CCCCC2Cl)cs1. The van der Waals surface area contributed by atoms with Crippen LogP contribution >= 0.6 is 22.9 Å². The Morgan fingerprint density at radius 3 is 3.00 bits per heavy atom. The molecule has 0 saturated heterocycles. The molecule has 1 aromatic rings. The largest absolute Gasteiger partial charge is 0.311 e. The van der Waals surface area contributed by atoms with Crippen molar-refractivity contribution < 1.29 is 0 Å². The molecule has 0 radical (unpaired) electrons. The molecule has 0 spiro atoms. The number of nitrogens with one attached hydrogen (secondary N) is 1. The van der Waals surface area contributed by atoms with E-state index >= 15 is 0 Å². The van der Waals surface area contributed by atoms with E-state index in [2.05, 4.69) is 15.7 Å². The van der Waals surface area contributed by atoms with Gasteiger partial charge in [0.1, 0.15) is 0 Å². The van der Waals surface area contributed by atoms with Crippen molar-refractivity contribution in [2.24, 2.45) is 5.92 Å². The summed E-state index contributed by atoms with van der Waals surface area (Å²) in [7, 11) is 0. The summed E-state index contributed by atoms with van der Waals surface area (Å²) in [4.78, 5) is 4.44. The molecule has 90 valence electrons. The van der Waals surface area contributed by atoms with Gasteiger partial charge in [-0.05, 0) is 32.2 Å². The van der Waals surface area contributed by atoms with E-state index in [0.29, 0.717) is 11.3 Å². The molecule has 0 aliphatic heterocycles. The van der Waals surface area contributed by atoms with Gasteiger partial charge in [-0.15, -0.1) is 22.9 Å². The van der Waals surface area contributed by atoms with Gasteiger partial charge in [0.15, 0.2) is 0 Å². The zero-order valence-corrected chi connectivity index (χ0v) is 11.3. The number of rotatable bonds is 4. The highest BCUT2D eigenvalue weighted by atomic mass is 35.5. The zero-order valence-electron chi connectivity index (χ0n) is 9.71. The van der Waals surface area contributed by atoms with Crippen molar-refractivity contribution in [2.45, 2.75) is 44.5 Å². The second kappa shape index (κ2) is 5.99. The predicted molar refractivity (Wildman–Crippen MR) is 70.2 cm³/mol. The minimum atomic E-state index is 0.374. The molecule has 2 rings (SSSR count). The number of thiazole rings is 1. The smallest absolute Gasteiger partial charge is 0.0897 e. The van der Waals surface area contributed by atoms with Gasteiger partial charge < -0.3 is 5.32 Å². The van der Waals surface area contributed by atoms with E-state index < -0.39 is 0 Å². The van der Waals surface area contributed by atoms with Gasteiger partial charge in [0.2, 0.25) is 0 Å². The first kappa shape index (κ1) is 12.3. The Bertz CT molecular complexity index is 327. The quantitative estimate of drug-likeness (QED) is 0.838. The Kier molecular flexibility index (Phi) is 4.62. The molecule has 1 fully saturated rings. The van der Waals surface area contributed by atoms with E-state index in [9.17, 15) is 0 Å². The van der Waals surface area contributed by atoms with Gasteiger partial charge in [0.25, 0.3) is 0 Å². The lowest BCUT2D eigenvalue weighted by atomic mass is 9.89. The van der Waals surface area contributed by atoms with Gasteiger partial charge in [0.05, 0.1) is 10.7 Å². The molecule has 1 aliphatic carbocycles. The van der Waals surface area contributed by atoms with Crippen LogP contribution in [0.1, 0.15) is 36.4 Å². The molecule has 0 bridgehead atoms. The average Bonchev–Trinajstić information content (AvgIpc) is 2.67. The third-order valence-electron chi connectivity index (χ3n) is 3.20. The molecule has 1 N–H and O–H groups in total. The highest BCUT2D eigenvalue weighted by molar-refractivity contribution is 7.09. The number of hydrogen-bond donors (Lipinski definition) is 1. The van der Waals surface area contributed by atoms with Gasteiger partial charge in [-0.1, -0.05) is 12.8 Å². The Morgan fingerprint density at radius 2 is 2.31 bits per heavy atom. The second-order valence-corrected chi connectivity index (χ2v) is 6.17. The van der Waals surface area contributed by atoms with Crippen molar-refractivity contribution >= 4 is 22.9 Å². The lowest BCUT2D eigenvalue weighted by Crippen LogP contribution is -2.30. The molecule has 1 saturated carbocycles. The van der Waals surface area contributed by atoms with Crippen LogP contribution in [-0.2, 0) is 6.54 Å². The fourth-order valence-corrected chi connectivity index (χ4v) is 3.25. The van der Waals surface area contributed by atoms with Crippen molar-refractivity contribution in [1.82, 2.24) is 10.3 Å². The topological polar surface area (TPSA) is 24.9 Å². The van der Waals surface area contributed by atoms with Crippen LogP contribution in [0.2, 0.25) is 0 Å². The molecule has 1 aliphatic rings. The number of alkyl halides is 1. The molecule has 1 aromatic heterocycles. The highest BCUT2D eigenvalue weighted by Gasteiger charge is 2.22. The third-order valence-corrected chi connectivity index (χ3v) is 4.59. The molecule has 0 aromatic carbocycles. The fraction of sp³-hybridized carbons (Fsp3) is 0.750. The maximum absolute atomic E-state index is 6.31. The normalized spacial score (nSPS) is 25.9. The zero-order chi connectivity index (χ0) is 11.4. The van der Waals surface area contributed by atoms with Crippen LogP contribution in [-0.4, -0.2) is 16.9 Å². The first-order valence-corrected chi connectivity index (χ1v) is 7.33. The summed E-state index contributed by atoms with van der Waals surface area (Å²) < 4.78 is 0. The van der Waals surface area contributed by atoms with Gasteiger partial charge in [-0.25, -0.2) is 4.98 Å². The summed E-state index contributed by atoms with van der Waals surface area (Å²) in [5.41, 5.74) is 1.16.